The molecule has 0 aliphatic carbocycles. The number of nitrogens with two attached hydrogens (primary N) is 1. The van der Waals surface area contributed by atoms with Crippen LogP contribution < -0.4 is 15.8 Å². The van der Waals surface area contributed by atoms with E-state index in [1.54, 1.807) is 30.3 Å². The number of rotatable bonds is 10. The molecule has 3 N–H and O–H groups in total. The Hall–Kier alpha value is -3.99. The van der Waals surface area contributed by atoms with Crippen molar-refractivity contribution < 1.29 is 24.0 Å². The van der Waals surface area contributed by atoms with Crippen molar-refractivity contribution in [2.24, 2.45) is 5.73 Å². The van der Waals surface area contributed by atoms with E-state index in [0.717, 1.165) is 11.3 Å². The number of benzene rings is 2. The highest BCUT2D eigenvalue weighted by Gasteiger charge is 2.38. The van der Waals surface area contributed by atoms with Crippen molar-refractivity contribution in [2.75, 3.05) is 31.6 Å². The lowest BCUT2D eigenvalue weighted by atomic mass is 10.1. The van der Waals surface area contributed by atoms with Crippen LogP contribution in [0.3, 0.4) is 0 Å². The summed E-state index contributed by atoms with van der Waals surface area (Å²) in [5, 5.41) is 13.5. The quantitative estimate of drug-likeness (QED) is 0.401. The maximum absolute atomic E-state index is 13.2. The van der Waals surface area contributed by atoms with E-state index in [1.807, 2.05) is 0 Å². The fraction of sp³-hybridized carbons (Fsp3) is 0.348. The number of ether oxygens (including phenoxy) is 1. The van der Waals surface area contributed by atoms with E-state index in [9.17, 15) is 24.5 Å². The van der Waals surface area contributed by atoms with E-state index in [1.165, 1.54) is 29.2 Å². The van der Waals surface area contributed by atoms with Crippen LogP contribution in [0.5, 0.6) is 5.75 Å². The van der Waals surface area contributed by atoms with E-state index in [0.29, 0.717) is 30.9 Å². The van der Waals surface area contributed by atoms with Crippen molar-refractivity contribution >= 4 is 29.2 Å². The number of likely N-dealkylation sites (tertiary alicyclic amines) is 1. The Balaban J connectivity index is 1.81. The summed E-state index contributed by atoms with van der Waals surface area (Å²) in [7, 11) is 0. The van der Waals surface area contributed by atoms with E-state index in [4.69, 9.17) is 10.5 Å². The number of amides is 4. The molecule has 0 saturated carbocycles. The van der Waals surface area contributed by atoms with Crippen LogP contribution in [0.1, 0.15) is 19.3 Å². The first kappa shape index (κ1) is 24.6. The number of non-ortho nitro benzene ring substituents is 1. The number of hydrogen-bond donors (Lipinski definition) is 2. The first-order chi connectivity index (χ1) is 16.4. The molecule has 180 valence electrons. The highest BCUT2D eigenvalue weighted by atomic mass is 16.6. The molecular formula is C23H27N5O6. The number of nitrogens with one attached hydrogen (secondary N) is 1. The van der Waals surface area contributed by atoms with Crippen molar-refractivity contribution in [1.29, 1.82) is 0 Å². The molecular weight excluding hydrogens is 442 g/mol. The fourth-order valence-corrected chi connectivity index (χ4v) is 3.39. The van der Waals surface area contributed by atoms with E-state index in [2.05, 4.69) is 5.32 Å². The normalized spacial score (nSPS) is 13.4. The first-order valence-corrected chi connectivity index (χ1v) is 10.9. The molecule has 0 radical (unpaired) electrons. The van der Waals surface area contributed by atoms with Crippen molar-refractivity contribution in [3.8, 4) is 5.75 Å². The summed E-state index contributed by atoms with van der Waals surface area (Å²) in [5.41, 5.74) is 5.82. The van der Waals surface area contributed by atoms with Crippen LogP contribution in [0.15, 0.2) is 54.6 Å². The summed E-state index contributed by atoms with van der Waals surface area (Å²) in [6, 6.07) is 12.3. The Bertz CT molecular complexity index is 1010. The van der Waals surface area contributed by atoms with Crippen LogP contribution in [-0.2, 0) is 9.59 Å². The third-order valence-corrected chi connectivity index (χ3v) is 5.35. The molecule has 11 nitrogen and oxygen atoms in total. The number of imide groups is 1. The molecule has 1 aliphatic heterocycles. The van der Waals surface area contributed by atoms with Crippen molar-refractivity contribution in [3.63, 3.8) is 0 Å². The van der Waals surface area contributed by atoms with Gasteiger partial charge in [0, 0.05) is 30.9 Å². The smallest absolute Gasteiger partial charge is 0.327 e. The Morgan fingerprint density at radius 1 is 1.12 bits per heavy atom. The van der Waals surface area contributed by atoms with Gasteiger partial charge in [-0.2, -0.15) is 0 Å². The molecule has 0 bridgehead atoms. The standard InChI is InChI=1S/C23H27N5O6/c24-13-4-8-20(22(30)25-17-9-11-18(12-10-17)28(32)33)27(23(31)26-14-5-15-26)21(29)16-34-19-6-2-1-3-7-19/h1-3,6-7,9-12,20H,4-5,8,13-16,24H2,(H,25,30)/t20-/m0/s1. The second-order valence-corrected chi connectivity index (χ2v) is 7.73. The van der Waals surface area contributed by atoms with E-state index < -0.39 is 35.4 Å². The minimum absolute atomic E-state index is 0.125. The van der Waals surface area contributed by atoms with Gasteiger partial charge >= 0.3 is 6.03 Å². The molecule has 1 atom stereocenters. The molecule has 1 aliphatic rings. The summed E-state index contributed by atoms with van der Waals surface area (Å²) in [5.74, 6) is -0.785. The summed E-state index contributed by atoms with van der Waals surface area (Å²) in [6.45, 7) is 0.834. The Morgan fingerprint density at radius 3 is 2.35 bits per heavy atom. The third-order valence-electron chi connectivity index (χ3n) is 5.35. The number of nitro groups is 1. The molecule has 3 rings (SSSR count). The van der Waals surface area contributed by atoms with Crippen LogP contribution in [0.4, 0.5) is 16.2 Å². The average molecular weight is 469 g/mol. The number of carbonyl (C=O) groups excluding carboxylic acids is 3. The monoisotopic (exact) mass is 469 g/mol. The van der Waals surface area contributed by atoms with Crippen LogP contribution >= 0.6 is 0 Å². The van der Waals surface area contributed by atoms with Gasteiger partial charge in [-0.1, -0.05) is 18.2 Å². The Morgan fingerprint density at radius 2 is 1.79 bits per heavy atom. The zero-order valence-electron chi connectivity index (χ0n) is 18.6. The molecule has 2 aromatic carbocycles. The molecule has 1 heterocycles. The molecule has 1 fully saturated rings. The zero-order valence-corrected chi connectivity index (χ0v) is 18.6. The number of anilines is 1. The number of para-hydroxylation sites is 1. The predicted octanol–water partition coefficient (Wildman–Crippen LogP) is 2.37. The molecule has 0 unspecified atom stereocenters. The van der Waals surface area contributed by atoms with E-state index >= 15 is 0 Å². The second kappa shape index (κ2) is 11.8. The van der Waals surface area contributed by atoms with Gasteiger partial charge < -0.3 is 20.7 Å². The fourth-order valence-electron chi connectivity index (χ4n) is 3.39. The molecule has 4 amide bonds. The topological polar surface area (TPSA) is 148 Å². The lowest BCUT2D eigenvalue weighted by molar-refractivity contribution is -0.384. The zero-order chi connectivity index (χ0) is 24.5. The summed E-state index contributed by atoms with van der Waals surface area (Å²) < 4.78 is 5.54. The summed E-state index contributed by atoms with van der Waals surface area (Å²) in [6.07, 6.45) is 1.37. The lowest BCUT2D eigenvalue weighted by Crippen LogP contribution is -2.58. The molecule has 0 aromatic heterocycles. The van der Waals surface area contributed by atoms with Gasteiger partial charge in [0.25, 0.3) is 11.6 Å². The highest BCUT2D eigenvalue weighted by molar-refractivity contribution is 6.04. The van der Waals surface area contributed by atoms with Gasteiger partial charge in [0.2, 0.25) is 5.91 Å². The molecule has 11 heteroatoms. The number of urea groups is 1. The van der Waals surface area contributed by atoms with Crippen LogP contribution in [0, 0.1) is 10.1 Å². The van der Waals surface area contributed by atoms with Gasteiger partial charge in [0.1, 0.15) is 11.8 Å². The Kier molecular flexibility index (Phi) is 8.52. The van der Waals surface area contributed by atoms with E-state index in [-0.39, 0.29) is 18.7 Å². The SMILES string of the molecule is NCCC[C@@H](C(=O)Nc1ccc([N+](=O)[O-])cc1)N(C(=O)COc1ccccc1)C(=O)N1CCC1. The minimum atomic E-state index is -1.13. The molecule has 0 spiro atoms. The number of hydrogen-bond acceptors (Lipinski definition) is 7. The number of nitro benzene ring substituents is 1. The third kappa shape index (κ3) is 6.29. The van der Waals surface area contributed by atoms with Gasteiger partial charge in [-0.25, -0.2) is 9.69 Å². The molecule has 1 saturated heterocycles. The summed E-state index contributed by atoms with van der Waals surface area (Å²) in [4.78, 5) is 52.3. The number of carbonyl (C=O) groups is 3. The lowest BCUT2D eigenvalue weighted by Gasteiger charge is -2.38. The van der Waals surface area contributed by atoms with Crippen LogP contribution in [0.2, 0.25) is 0 Å². The molecule has 34 heavy (non-hydrogen) atoms. The maximum atomic E-state index is 13.2. The second-order valence-electron chi connectivity index (χ2n) is 7.73. The Labute approximate surface area is 196 Å². The van der Waals surface area contributed by atoms with Gasteiger partial charge in [-0.15, -0.1) is 0 Å². The predicted molar refractivity (Wildman–Crippen MR) is 124 cm³/mol. The maximum Gasteiger partial charge on any atom is 0.327 e. The van der Waals surface area contributed by atoms with Crippen molar-refractivity contribution in [2.45, 2.75) is 25.3 Å². The largest absolute Gasteiger partial charge is 0.484 e. The van der Waals surface area contributed by atoms with Crippen molar-refractivity contribution in [3.05, 3.63) is 64.7 Å². The highest BCUT2D eigenvalue weighted by Crippen LogP contribution is 2.20. The number of nitrogens with zero attached hydrogens (tertiary/aromatic N) is 3. The van der Waals surface area contributed by atoms with Gasteiger partial charge in [-0.3, -0.25) is 19.7 Å². The average Bonchev–Trinajstić information content (AvgIpc) is 2.80. The van der Waals surface area contributed by atoms with Crippen molar-refractivity contribution in [1.82, 2.24) is 9.80 Å². The first-order valence-electron chi connectivity index (χ1n) is 10.9. The van der Waals surface area contributed by atoms with Gasteiger partial charge in [0.15, 0.2) is 6.61 Å². The van der Waals surface area contributed by atoms with Gasteiger partial charge in [-0.05, 0) is 50.1 Å². The van der Waals surface area contributed by atoms with Crippen LogP contribution in [0.25, 0.3) is 0 Å². The van der Waals surface area contributed by atoms with Crippen LogP contribution in [-0.4, -0.2) is 64.9 Å². The summed E-state index contributed by atoms with van der Waals surface area (Å²) >= 11 is 0. The van der Waals surface area contributed by atoms with Gasteiger partial charge in [0.05, 0.1) is 4.92 Å². The molecule has 2 aromatic rings. The minimum Gasteiger partial charge on any atom is -0.484 e.